The van der Waals surface area contributed by atoms with Gasteiger partial charge in [-0.25, -0.2) is 0 Å². The summed E-state index contributed by atoms with van der Waals surface area (Å²) in [6, 6.07) is 19.0. The number of aromatic nitrogens is 1. The van der Waals surface area contributed by atoms with Gasteiger partial charge < -0.3 is 15.2 Å². The molecule has 29 heavy (non-hydrogen) atoms. The molecule has 1 aromatic heterocycles. The number of rotatable bonds is 4. The number of hydrogen-bond donors (Lipinski definition) is 2. The number of aryl methyl sites for hydroxylation is 1. The summed E-state index contributed by atoms with van der Waals surface area (Å²) in [6.45, 7) is 4.08. The predicted molar refractivity (Wildman–Crippen MR) is 118 cm³/mol. The first-order valence-electron chi connectivity index (χ1n) is 10.1. The van der Waals surface area contributed by atoms with E-state index in [1.807, 2.05) is 49.4 Å². The van der Waals surface area contributed by atoms with Crippen molar-refractivity contribution in [3.63, 3.8) is 0 Å². The van der Waals surface area contributed by atoms with Crippen LogP contribution in [0.1, 0.15) is 35.2 Å². The largest absolute Gasteiger partial charge is 0.371 e. The molecule has 1 aliphatic rings. The summed E-state index contributed by atoms with van der Waals surface area (Å²) in [5, 5.41) is 2.86. The van der Waals surface area contributed by atoms with Gasteiger partial charge in [0.15, 0.2) is 0 Å². The Morgan fingerprint density at radius 1 is 0.966 bits per heavy atom. The van der Waals surface area contributed by atoms with Crippen molar-refractivity contribution in [3.8, 4) is 11.3 Å². The Bertz CT molecular complexity index is 1080. The molecule has 0 radical (unpaired) electrons. The first kappa shape index (κ1) is 19.0. The van der Waals surface area contributed by atoms with Crippen molar-refractivity contribution >= 4 is 17.3 Å². The average Bonchev–Trinajstić information content (AvgIpc) is 2.74. The van der Waals surface area contributed by atoms with Crippen molar-refractivity contribution in [2.75, 3.05) is 23.3 Å². The van der Waals surface area contributed by atoms with Crippen LogP contribution >= 0.6 is 0 Å². The predicted octanol–water partition coefficient (Wildman–Crippen LogP) is 4.59. The van der Waals surface area contributed by atoms with E-state index in [9.17, 15) is 9.59 Å². The first-order valence-corrected chi connectivity index (χ1v) is 10.1. The number of H-pyrrole nitrogens is 1. The molecule has 2 aromatic carbocycles. The van der Waals surface area contributed by atoms with Crippen molar-refractivity contribution in [2.45, 2.75) is 26.2 Å². The minimum Gasteiger partial charge on any atom is -0.371 e. The fourth-order valence-electron chi connectivity index (χ4n) is 3.76. The molecule has 0 aliphatic carbocycles. The maximum atomic E-state index is 12.7. The van der Waals surface area contributed by atoms with Gasteiger partial charge in [0.25, 0.3) is 11.5 Å². The molecule has 5 heteroatoms. The quantitative estimate of drug-likeness (QED) is 0.688. The van der Waals surface area contributed by atoms with E-state index in [1.54, 1.807) is 12.1 Å². The van der Waals surface area contributed by atoms with Gasteiger partial charge in [-0.3, -0.25) is 9.59 Å². The summed E-state index contributed by atoms with van der Waals surface area (Å²) in [5.41, 5.74) is 4.23. The van der Waals surface area contributed by atoms with Gasteiger partial charge in [0.2, 0.25) is 0 Å². The third-order valence-electron chi connectivity index (χ3n) is 5.31. The Labute approximate surface area is 170 Å². The molecule has 3 aromatic rings. The third kappa shape index (κ3) is 4.40. The fraction of sp³-hybridized carbons (Fsp3) is 0.250. The number of nitrogens with one attached hydrogen (secondary N) is 2. The smallest absolute Gasteiger partial charge is 0.261 e. The standard InChI is InChI=1S/C24H25N3O2/c1-17-7-5-8-18(15-17)22-12-11-21(24(29)26-22)23(28)25-19-9-6-10-20(16-19)27-13-3-2-4-14-27/h5-12,15-16H,2-4,13-14H2,1H3,(H,25,28)(H,26,29). The van der Waals surface area contributed by atoms with Crippen LogP contribution in [-0.2, 0) is 0 Å². The van der Waals surface area contributed by atoms with Crippen LogP contribution in [0.3, 0.4) is 0 Å². The van der Waals surface area contributed by atoms with E-state index in [4.69, 9.17) is 0 Å². The Hall–Kier alpha value is -3.34. The van der Waals surface area contributed by atoms with Gasteiger partial charge in [-0.15, -0.1) is 0 Å². The highest BCUT2D eigenvalue weighted by Crippen LogP contribution is 2.23. The fourth-order valence-corrected chi connectivity index (χ4v) is 3.76. The third-order valence-corrected chi connectivity index (χ3v) is 5.31. The van der Waals surface area contributed by atoms with Crippen LogP contribution < -0.4 is 15.8 Å². The highest BCUT2D eigenvalue weighted by atomic mass is 16.2. The van der Waals surface area contributed by atoms with Crippen LogP contribution in [-0.4, -0.2) is 24.0 Å². The summed E-state index contributed by atoms with van der Waals surface area (Å²) < 4.78 is 0. The lowest BCUT2D eigenvalue weighted by Crippen LogP contribution is -2.29. The van der Waals surface area contributed by atoms with Crippen LogP contribution in [0.4, 0.5) is 11.4 Å². The Kier molecular flexibility index (Phi) is 5.47. The Morgan fingerprint density at radius 3 is 2.52 bits per heavy atom. The van der Waals surface area contributed by atoms with Gasteiger partial charge >= 0.3 is 0 Å². The van der Waals surface area contributed by atoms with Crippen LogP contribution in [0.15, 0.2) is 65.5 Å². The van der Waals surface area contributed by atoms with Crippen LogP contribution in [0, 0.1) is 6.92 Å². The number of hydrogen-bond acceptors (Lipinski definition) is 3. The van der Waals surface area contributed by atoms with Gasteiger partial charge in [-0.1, -0.05) is 29.8 Å². The van der Waals surface area contributed by atoms with Gasteiger partial charge in [0, 0.05) is 30.2 Å². The number of carbonyl (C=O) groups excluding carboxylic acids is 1. The van der Waals surface area contributed by atoms with Crippen molar-refractivity contribution < 1.29 is 4.79 Å². The monoisotopic (exact) mass is 387 g/mol. The topological polar surface area (TPSA) is 65.2 Å². The summed E-state index contributed by atoms with van der Waals surface area (Å²) in [7, 11) is 0. The number of anilines is 2. The zero-order valence-corrected chi connectivity index (χ0v) is 16.6. The van der Waals surface area contributed by atoms with E-state index < -0.39 is 11.5 Å². The van der Waals surface area contributed by atoms with Crippen molar-refractivity contribution in [1.82, 2.24) is 4.98 Å². The Balaban J connectivity index is 1.52. The molecule has 2 heterocycles. The molecule has 1 fully saturated rings. The number of amides is 1. The second kappa shape index (κ2) is 8.35. The minimum atomic E-state index is -0.405. The summed E-state index contributed by atoms with van der Waals surface area (Å²) in [4.78, 5) is 30.4. The van der Waals surface area contributed by atoms with Crippen LogP contribution in [0.2, 0.25) is 0 Å². The van der Waals surface area contributed by atoms with E-state index in [2.05, 4.69) is 21.3 Å². The van der Waals surface area contributed by atoms with Crippen molar-refractivity contribution in [3.05, 3.63) is 82.1 Å². The lowest BCUT2D eigenvalue weighted by Gasteiger charge is -2.29. The number of pyridine rings is 1. The van der Waals surface area contributed by atoms with E-state index in [-0.39, 0.29) is 5.56 Å². The number of nitrogens with zero attached hydrogens (tertiary/aromatic N) is 1. The van der Waals surface area contributed by atoms with E-state index in [0.29, 0.717) is 11.4 Å². The second-order valence-corrected chi connectivity index (χ2v) is 7.54. The highest BCUT2D eigenvalue weighted by Gasteiger charge is 2.14. The van der Waals surface area contributed by atoms with Gasteiger partial charge in [0.1, 0.15) is 5.56 Å². The maximum absolute atomic E-state index is 12.7. The molecular weight excluding hydrogens is 362 g/mol. The summed E-state index contributed by atoms with van der Waals surface area (Å²) in [5.74, 6) is -0.405. The second-order valence-electron chi connectivity index (χ2n) is 7.54. The molecular formula is C24H25N3O2. The zero-order chi connectivity index (χ0) is 20.2. The summed E-state index contributed by atoms with van der Waals surface area (Å²) in [6.07, 6.45) is 3.66. The minimum absolute atomic E-state index is 0.102. The molecule has 0 saturated carbocycles. The van der Waals surface area contributed by atoms with E-state index in [1.165, 1.54) is 19.3 Å². The van der Waals surface area contributed by atoms with Crippen LogP contribution in [0.5, 0.6) is 0 Å². The number of benzene rings is 2. The van der Waals surface area contributed by atoms with Gasteiger partial charge in [-0.05, 0) is 68.1 Å². The SMILES string of the molecule is Cc1cccc(-c2ccc(C(=O)Nc3cccc(N4CCCCC4)c3)c(=O)[nH]2)c1. The maximum Gasteiger partial charge on any atom is 0.261 e. The van der Waals surface area contributed by atoms with Gasteiger partial charge in [-0.2, -0.15) is 0 Å². The van der Waals surface area contributed by atoms with Gasteiger partial charge in [0.05, 0.1) is 0 Å². The summed E-state index contributed by atoms with van der Waals surface area (Å²) >= 11 is 0. The van der Waals surface area contributed by atoms with E-state index >= 15 is 0 Å². The highest BCUT2D eigenvalue weighted by molar-refractivity contribution is 6.04. The molecule has 1 aliphatic heterocycles. The average molecular weight is 387 g/mol. The molecule has 0 bridgehead atoms. The lowest BCUT2D eigenvalue weighted by atomic mass is 10.1. The first-order chi connectivity index (χ1) is 14.1. The molecule has 0 unspecified atom stereocenters. The normalized spacial score (nSPS) is 13.9. The number of piperidine rings is 1. The zero-order valence-electron chi connectivity index (χ0n) is 16.6. The lowest BCUT2D eigenvalue weighted by molar-refractivity contribution is 0.102. The molecule has 1 amide bonds. The molecule has 2 N–H and O–H groups in total. The van der Waals surface area contributed by atoms with Crippen LogP contribution in [0.25, 0.3) is 11.3 Å². The molecule has 0 spiro atoms. The molecule has 5 nitrogen and oxygen atoms in total. The number of aromatic amines is 1. The Morgan fingerprint density at radius 2 is 1.76 bits per heavy atom. The number of carbonyl (C=O) groups is 1. The molecule has 148 valence electrons. The van der Waals surface area contributed by atoms with Crippen molar-refractivity contribution in [1.29, 1.82) is 0 Å². The molecule has 1 saturated heterocycles. The van der Waals surface area contributed by atoms with E-state index in [0.717, 1.165) is 29.9 Å². The molecule has 4 rings (SSSR count). The molecule has 0 atom stereocenters. The van der Waals surface area contributed by atoms with Crippen molar-refractivity contribution in [2.24, 2.45) is 0 Å².